The van der Waals surface area contributed by atoms with Crippen molar-refractivity contribution < 1.29 is 13.2 Å². The van der Waals surface area contributed by atoms with Gasteiger partial charge in [0.2, 0.25) is 10.0 Å². The van der Waals surface area contributed by atoms with E-state index in [9.17, 15) is 13.2 Å². The van der Waals surface area contributed by atoms with Gasteiger partial charge in [-0.05, 0) is 46.3 Å². The average Bonchev–Trinajstić information content (AvgIpc) is 2.55. The number of amides is 1. The van der Waals surface area contributed by atoms with Crippen LogP contribution in [0, 0.1) is 0 Å². The van der Waals surface area contributed by atoms with Crippen molar-refractivity contribution in [2.45, 2.75) is 4.90 Å². The summed E-state index contributed by atoms with van der Waals surface area (Å²) in [5.41, 5.74) is 1.77. The molecule has 0 aliphatic carbocycles. The zero-order chi connectivity index (χ0) is 18.8. The first-order chi connectivity index (χ1) is 11.6. The molecule has 0 radical (unpaired) electrons. The van der Waals surface area contributed by atoms with Gasteiger partial charge in [0.1, 0.15) is 0 Å². The van der Waals surface area contributed by atoms with Gasteiger partial charge < -0.3 is 10.2 Å². The summed E-state index contributed by atoms with van der Waals surface area (Å²) in [6.45, 7) is 0. The van der Waals surface area contributed by atoms with Crippen LogP contribution in [0.2, 0.25) is 0 Å². The molecule has 0 bridgehead atoms. The van der Waals surface area contributed by atoms with Crippen molar-refractivity contribution in [1.82, 2.24) is 4.31 Å². The van der Waals surface area contributed by atoms with Gasteiger partial charge in [-0.2, -0.15) is 0 Å². The predicted molar refractivity (Wildman–Crippen MR) is 104 cm³/mol. The molecule has 1 amide bonds. The molecule has 2 rings (SSSR count). The predicted octanol–water partition coefficient (Wildman–Crippen LogP) is 3.02. The zero-order valence-electron chi connectivity index (χ0n) is 14.4. The van der Waals surface area contributed by atoms with Gasteiger partial charge in [0.25, 0.3) is 5.91 Å². The molecule has 8 heteroatoms. The highest BCUT2D eigenvalue weighted by Gasteiger charge is 2.22. The summed E-state index contributed by atoms with van der Waals surface area (Å²) in [7, 11) is 3.00. The second-order valence-corrected chi connectivity index (χ2v) is 8.77. The maximum atomic E-state index is 12.6. The Bertz CT molecular complexity index is 896. The van der Waals surface area contributed by atoms with Crippen LogP contribution >= 0.6 is 15.9 Å². The summed E-state index contributed by atoms with van der Waals surface area (Å²) in [5, 5.41) is 2.83. The monoisotopic (exact) mass is 425 g/mol. The molecule has 1 N–H and O–H groups in total. The number of halogens is 1. The Morgan fingerprint density at radius 1 is 1.04 bits per heavy atom. The molecule has 0 spiro atoms. The van der Waals surface area contributed by atoms with Crippen LogP contribution in [-0.2, 0) is 10.0 Å². The second kappa shape index (κ2) is 7.55. The Morgan fingerprint density at radius 3 is 2.28 bits per heavy atom. The molecule has 0 aliphatic heterocycles. The Balaban J connectivity index is 2.39. The van der Waals surface area contributed by atoms with Crippen molar-refractivity contribution in [2.24, 2.45) is 0 Å². The van der Waals surface area contributed by atoms with Crippen LogP contribution in [-0.4, -0.2) is 46.8 Å². The minimum Gasteiger partial charge on any atom is -0.376 e. The van der Waals surface area contributed by atoms with Gasteiger partial charge in [-0.3, -0.25) is 4.79 Å². The third-order valence-corrected chi connectivity index (χ3v) is 6.40. The fourth-order valence-corrected chi connectivity index (χ4v) is 4.05. The van der Waals surface area contributed by atoms with E-state index in [1.807, 2.05) is 37.2 Å². The molecule has 0 saturated carbocycles. The van der Waals surface area contributed by atoms with E-state index < -0.39 is 10.0 Å². The number of nitrogens with zero attached hydrogens (tertiary/aromatic N) is 2. The summed E-state index contributed by atoms with van der Waals surface area (Å²) in [4.78, 5) is 14.5. The van der Waals surface area contributed by atoms with Crippen molar-refractivity contribution in [3.63, 3.8) is 0 Å². The lowest BCUT2D eigenvalue weighted by Crippen LogP contribution is -2.23. The van der Waals surface area contributed by atoms with E-state index >= 15 is 0 Å². The van der Waals surface area contributed by atoms with Crippen LogP contribution in [0.1, 0.15) is 10.4 Å². The Morgan fingerprint density at radius 2 is 1.68 bits per heavy atom. The minimum atomic E-state index is -3.66. The summed E-state index contributed by atoms with van der Waals surface area (Å²) in [6, 6.07) is 11.9. The first kappa shape index (κ1) is 19.4. The third-order valence-electron chi connectivity index (χ3n) is 3.59. The molecule has 0 atom stereocenters. The molecule has 25 heavy (non-hydrogen) atoms. The van der Waals surface area contributed by atoms with Crippen molar-refractivity contribution >= 4 is 43.2 Å². The smallest absolute Gasteiger partial charge is 0.255 e. The molecule has 0 aliphatic rings. The summed E-state index contributed by atoms with van der Waals surface area (Å²) in [6.07, 6.45) is 0. The number of carbonyl (C=O) groups is 1. The average molecular weight is 426 g/mol. The Labute approximate surface area is 156 Å². The first-order valence-corrected chi connectivity index (χ1v) is 9.67. The van der Waals surface area contributed by atoms with E-state index in [1.165, 1.54) is 20.2 Å². The molecule has 0 heterocycles. The summed E-state index contributed by atoms with van der Waals surface area (Å²) < 4.78 is 26.3. The topological polar surface area (TPSA) is 69.7 Å². The van der Waals surface area contributed by atoms with Gasteiger partial charge >= 0.3 is 0 Å². The van der Waals surface area contributed by atoms with Gasteiger partial charge in [-0.1, -0.05) is 12.1 Å². The number of benzene rings is 2. The Kier molecular flexibility index (Phi) is 5.87. The molecular formula is C17H20BrN3O3S. The largest absolute Gasteiger partial charge is 0.376 e. The highest BCUT2D eigenvalue weighted by Crippen LogP contribution is 2.27. The van der Waals surface area contributed by atoms with Crippen LogP contribution in [0.5, 0.6) is 0 Å². The van der Waals surface area contributed by atoms with Gasteiger partial charge in [-0.15, -0.1) is 0 Å². The molecular weight excluding hydrogens is 406 g/mol. The van der Waals surface area contributed by atoms with E-state index in [-0.39, 0.29) is 16.4 Å². The van der Waals surface area contributed by atoms with Gasteiger partial charge in [0.15, 0.2) is 0 Å². The van der Waals surface area contributed by atoms with Crippen LogP contribution in [0.25, 0.3) is 0 Å². The minimum absolute atomic E-state index is 0.0473. The summed E-state index contributed by atoms with van der Waals surface area (Å²) in [5.74, 6) is -0.378. The van der Waals surface area contributed by atoms with Crippen LogP contribution < -0.4 is 10.2 Å². The lowest BCUT2D eigenvalue weighted by atomic mass is 10.2. The lowest BCUT2D eigenvalue weighted by Gasteiger charge is -2.18. The van der Waals surface area contributed by atoms with Gasteiger partial charge in [0.05, 0.1) is 16.3 Å². The van der Waals surface area contributed by atoms with Crippen LogP contribution in [0.4, 0.5) is 11.4 Å². The molecule has 0 fully saturated rings. The number of hydrogen-bond donors (Lipinski definition) is 1. The zero-order valence-corrected chi connectivity index (χ0v) is 16.8. The fourth-order valence-electron chi connectivity index (χ4n) is 2.20. The third kappa shape index (κ3) is 4.20. The molecule has 134 valence electrons. The van der Waals surface area contributed by atoms with E-state index in [0.29, 0.717) is 10.2 Å². The molecule has 2 aromatic carbocycles. The summed E-state index contributed by atoms with van der Waals surface area (Å²) >= 11 is 3.24. The van der Waals surface area contributed by atoms with Crippen molar-refractivity contribution in [3.8, 4) is 0 Å². The highest BCUT2D eigenvalue weighted by molar-refractivity contribution is 9.10. The fraction of sp³-hybridized carbons (Fsp3) is 0.235. The molecule has 6 nitrogen and oxygen atoms in total. The number of nitrogens with one attached hydrogen (secondary N) is 1. The van der Waals surface area contributed by atoms with Crippen molar-refractivity contribution in [1.29, 1.82) is 0 Å². The SMILES string of the molecule is CN(C)c1ccccc1NC(=O)c1ccc(Br)c(S(=O)(=O)N(C)C)c1. The normalized spacial score (nSPS) is 11.4. The molecule has 0 saturated heterocycles. The number of sulfonamides is 1. The van der Waals surface area contributed by atoms with Crippen LogP contribution in [0.15, 0.2) is 51.8 Å². The highest BCUT2D eigenvalue weighted by atomic mass is 79.9. The number of anilines is 2. The lowest BCUT2D eigenvalue weighted by molar-refractivity contribution is 0.102. The van der Waals surface area contributed by atoms with Crippen molar-refractivity contribution in [2.75, 3.05) is 38.4 Å². The second-order valence-electron chi connectivity index (χ2n) is 5.80. The number of hydrogen-bond acceptors (Lipinski definition) is 4. The van der Waals surface area contributed by atoms with E-state index in [0.717, 1.165) is 9.99 Å². The maximum absolute atomic E-state index is 12.6. The quantitative estimate of drug-likeness (QED) is 0.798. The number of para-hydroxylation sites is 2. The Hall–Kier alpha value is -1.90. The standard InChI is InChI=1S/C17H20BrN3O3S/c1-20(2)15-8-6-5-7-14(15)19-17(22)12-9-10-13(18)16(11-12)25(23,24)21(3)4/h5-11H,1-4H3,(H,19,22). The van der Waals surface area contributed by atoms with Gasteiger partial charge in [0, 0.05) is 38.2 Å². The van der Waals surface area contributed by atoms with E-state index in [4.69, 9.17) is 0 Å². The number of carbonyl (C=O) groups excluding carboxylic acids is 1. The van der Waals surface area contributed by atoms with Crippen LogP contribution in [0.3, 0.4) is 0 Å². The number of rotatable bonds is 5. The van der Waals surface area contributed by atoms with Crippen molar-refractivity contribution in [3.05, 3.63) is 52.5 Å². The van der Waals surface area contributed by atoms with E-state index in [1.54, 1.807) is 18.2 Å². The molecule has 0 unspecified atom stereocenters. The molecule has 0 aromatic heterocycles. The maximum Gasteiger partial charge on any atom is 0.255 e. The van der Waals surface area contributed by atoms with E-state index in [2.05, 4.69) is 21.2 Å². The first-order valence-electron chi connectivity index (χ1n) is 7.44. The van der Waals surface area contributed by atoms with Gasteiger partial charge in [-0.25, -0.2) is 12.7 Å². The molecule has 2 aromatic rings.